The van der Waals surface area contributed by atoms with Crippen LogP contribution >= 0.6 is 7.82 Å². The minimum atomic E-state index is -4.70. The molecule has 0 saturated heterocycles. The van der Waals surface area contributed by atoms with Crippen molar-refractivity contribution in [3.8, 4) is 0 Å². The quantitative estimate of drug-likeness (QED) is 0.364. The summed E-state index contributed by atoms with van der Waals surface area (Å²) in [5, 5.41) is 0. The van der Waals surface area contributed by atoms with Gasteiger partial charge in [-0.1, -0.05) is 13.3 Å². The molecule has 0 aliphatic carbocycles. The smallest absolute Gasteiger partial charge is 0.790 e. The predicted octanol–water partition coefficient (Wildman–Crippen LogP) is -0.371. The first kappa shape index (κ1) is 13.2. The van der Waals surface area contributed by atoms with Crippen LogP contribution in [0.1, 0.15) is 19.8 Å². The molecular formula is C4H9CuO4P. The summed E-state index contributed by atoms with van der Waals surface area (Å²) in [7, 11) is -4.70. The average molecular weight is 216 g/mol. The largest absolute Gasteiger partial charge is 2.00 e. The first-order valence-corrected chi connectivity index (χ1v) is 4.19. The van der Waals surface area contributed by atoms with Gasteiger partial charge in [0.1, 0.15) is 0 Å². The van der Waals surface area contributed by atoms with Gasteiger partial charge in [-0.15, -0.1) is 0 Å². The summed E-state index contributed by atoms with van der Waals surface area (Å²) < 4.78 is 13.7. The van der Waals surface area contributed by atoms with Gasteiger partial charge in [-0.2, -0.15) is 0 Å². The maximum Gasteiger partial charge on any atom is 2.00 e. The van der Waals surface area contributed by atoms with Gasteiger partial charge in [0.15, 0.2) is 0 Å². The van der Waals surface area contributed by atoms with Gasteiger partial charge in [0, 0.05) is 0 Å². The van der Waals surface area contributed by atoms with Gasteiger partial charge in [-0.25, -0.2) is 0 Å². The molecule has 65 valence electrons. The first-order valence-electron chi connectivity index (χ1n) is 2.73. The SMILES string of the molecule is CCCCOP(=O)([O-])[O-].[Cu+2]. The number of hydrogen-bond donors (Lipinski definition) is 0. The minimum absolute atomic E-state index is 0. The molecule has 0 amide bonds. The molecule has 0 aromatic heterocycles. The van der Waals surface area contributed by atoms with Crippen molar-refractivity contribution in [2.75, 3.05) is 6.61 Å². The second-order valence-corrected chi connectivity index (χ2v) is 2.79. The van der Waals surface area contributed by atoms with Crippen LogP contribution < -0.4 is 9.79 Å². The molecule has 0 aromatic rings. The topological polar surface area (TPSA) is 72.4 Å². The van der Waals surface area contributed by atoms with Crippen LogP contribution in [0, 0.1) is 0 Å². The molecule has 0 unspecified atom stereocenters. The third-order valence-corrected chi connectivity index (χ3v) is 1.25. The van der Waals surface area contributed by atoms with Crippen LogP contribution in [0.25, 0.3) is 0 Å². The number of unbranched alkanes of at least 4 members (excludes halogenated alkanes) is 1. The van der Waals surface area contributed by atoms with E-state index < -0.39 is 7.82 Å². The Morgan fingerprint density at radius 2 is 2.00 bits per heavy atom. The predicted molar refractivity (Wildman–Crippen MR) is 28.5 cm³/mol. The Labute approximate surface area is 70.7 Å². The number of phosphoric acid groups is 1. The molecule has 0 rings (SSSR count). The normalized spacial score (nSPS) is 10.7. The van der Waals surface area contributed by atoms with Gasteiger partial charge in [0.25, 0.3) is 0 Å². The zero-order chi connectivity index (χ0) is 7.33. The van der Waals surface area contributed by atoms with Crippen molar-refractivity contribution in [2.45, 2.75) is 19.8 Å². The van der Waals surface area contributed by atoms with Crippen LogP contribution in [-0.2, 0) is 26.2 Å². The summed E-state index contributed by atoms with van der Waals surface area (Å²) in [5.74, 6) is 0. The molecule has 0 aliphatic heterocycles. The van der Waals surface area contributed by atoms with Gasteiger partial charge < -0.3 is 18.9 Å². The van der Waals surface area contributed by atoms with Crippen molar-refractivity contribution in [3.05, 3.63) is 0 Å². The molecule has 10 heavy (non-hydrogen) atoms. The molecule has 1 radical (unpaired) electrons. The average Bonchev–Trinajstić information content (AvgIpc) is 1.63. The third-order valence-electron chi connectivity index (χ3n) is 0.747. The molecule has 0 bridgehead atoms. The summed E-state index contributed by atoms with van der Waals surface area (Å²) in [5.41, 5.74) is 0. The van der Waals surface area contributed by atoms with Gasteiger partial charge >= 0.3 is 17.1 Å². The van der Waals surface area contributed by atoms with Crippen molar-refractivity contribution in [3.63, 3.8) is 0 Å². The third kappa shape index (κ3) is 11.4. The molecular weight excluding hydrogens is 207 g/mol. The molecule has 0 atom stereocenters. The molecule has 4 nitrogen and oxygen atoms in total. The van der Waals surface area contributed by atoms with Crippen molar-refractivity contribution in [1.82, 2.24) is 0 Å². The Balaban J connectivity index is 0. The van der Waals surface area contributed by atoms with E-state index in [1.807, 2.05) is 6.92 Å². The van der Waals surface area contributed by atoms with E-state index in [-0.39, 0.29) is 23.7 Å². The molecule has 0 fully saturated rings. The molecule has 0 spiro atoms. The van der Waals surface area contributed by atoms with E-state index in [1.165, 1.54) is 0 Å². The standard InChI is InChI=1S/C4H11O4P.Cu/c1-2-3-4-8-9(5,6)7;/h2-4H2,1H3,(H2,5,6,7);/q;+2/p-2. The molecule has 6 heteroatoms. The first-order chi connectivity index (χ1) is 4.06. The molecule has 0 N–H and O–H groups in total. The maximum atomic E-state index is 9.76. The number of phosphoric ester groups is 1. The maximum absolute atomic E-state index is 9.76. The van der Waals surface area contributed by atoms with Crippen LogP contribution in [0.4, 0.5) is 0 Å². The Morgan fingerprint density at radius 3 is 2.30 bits per heavy atom. The van der Waals surface area contributed by atoms with E-state index in [0.29, 0.717) is 6.42 Å². The zero-order valence-corrected chi connectivity index (χ0v) is 7.34. The summed E-state index contributed by atoms with van der Waals surface area (Å²) in [4.78, 5) is 19.5. The van der Waals surface area contributed by atoms with Gasteiger partial charge in [0.2, 0.25) is 0 Å². The Kier molecular flexibility index (Phi) is 8.40. The van der Waals surface area contributed by atoms with Crippen molar-refractivity contribution in [2.24, 2.45) is 0 Å². The van der Waals surface area contributed by atoms with Crippen LogP contribution in [0.3, 0.4) is 0 Å². The molecule has 0 heterocycles. The van der Waals surface area contributed by atoms with E-state index in [1.54, 1.807) is 0 Å². The van der Waals surface area contributed by atoms with Crippen molar-refractivity contribution < 1.29 is 35.9 Å². The number of hydrogen-bond acceptors (Lipinski definition) is 4. The second kappa shape index (κ2) is 6.35. The zero-order valence-electron chi connectivity index (χ0n) is 5.50. The summed E-state index contributed by atoms with van der Waals surface area (Å²) >= 11 is 0. The minimum Gasteiger partial charge on any atom is -0.790 e. The van der Waals surface area contributed by atoms with Crippen molar-refractivity contribution >= 4 is 7.82 Å². The molecule has 0 saturated carbocycles. The summed E-state index contributed by atoms with van der Waals surface area (Å²) in [6.07, 6.45) is 1.43. The van der Waals surface area contributed by atoms with Crippen LogP contribution in [0.2, 0.25) is 0 Å². The Hall–Kier alpha value is 0.629. The molecule has 0 aromatic carbocycles. The van der Waals surface area contributed by atoms with Crippen LogP contribution in [0.15, 0.2) is 0 Å². The monoisotopic (exact) mass is 215 g/mol. The Morgan fingerprint density at radius 1 is 1.50 bits per heavy atom. The Bertz CT molecular complexity index is 112. The fraction of sp³-hybridized carbons (Fsp3) is 1.00. The van der Waals surface area contributed by atoms with Gasteiger partial charge in [-0.05, 0) is 6.42 Å². The van der Waals surface area contributed by atoms with Gasteiger partial charge in [-0.3, -0.25) is 0 Å². The second-order valence-electron chi connectivity index (χ2n) is 1.63. The van der Waals surface area contributed by atoms with Crippen LogP contribution in [0.5, 0.6) is 0 Å². The summed E-state index contributed by atoms with van der Waals surface area (Å²) in [6, 6.07) is 0. The molecule has 0 aliphatic rings. The fourth-order valence-corrected chi connectivity index (χ4v) is 0.673. The van der Waals surface area contributed by atoms with Crippen LogP contribution in [-0.4, -0.2) is 6.61 Å². The fourth-order valence-electron chi connectivity index (χ4n) is 0.321. The van der Waals surface area contributed by atoms with E-state index >= 15 is 0 Å². The van der Waals surface area contributed by atoms with Gasteiger partial charge in [0.05, 0.1) is 14.4 Å². The summed E-state index contributed by atoms with van der Waals surface area (Å²) in [6.45, 7) is 1.89. The number of rotatable bonds is 4. The van der Waals surface area contributed by atoms with E-state index in [4.69, 9.17) is 0 Å². The van der Waals surface area contributed by atoms with E-state index in [2.05, 4.69) is 4.52 Å². The van der Waals surface area contributed by atoms with E-state index in [9.17, 15) is 14.4 Å². The van der Waals surface area contributed by atoms with E-state index in [0.717, 1.165) is 6.42 Å². The van der Waals surface area contributed by atoms with Crippen molar-refractivity contribution in [1.29, 1.82) is 0 Å².